The van der Waals surface area contributed by atoms with Gasteiger partial charge < -0.3 is 5.11 Å². The molecular weight excluding hydrogens is 244 g/mol. The number of nitrogens with zero attached hydrogens (tertiary/aromatic N) is 1. The van der Waals surface area contributed by atoms with Gasteiger partial charge in [0.05, 0.1) is 6.61 Å². The number of carboxylic acid groups (broad SMARTS) is 1. The van der Waals surface area contributed by atoms with Crippen molar-refractivity contribution in [2.75, 3.05) is 13.6 Å². The molecule has 5 heteroatoms. The van der Waals surface area contributed by atoms with E-state index in [4.69, 9.17) is 9.94 Å². The predicted molar refractivity (Wildman–Crippen MR) is 71.4 cm³/mol. The van der Waals surface area contributed by atoms with Crippen LogP contribution in [0.5, 0.6) is 0 Å². The summed E-state index contributed by atoms with van der Waals surface area (Å²) in [6.07, 6.45) is 1.47. The largest absolute Gasteiger partial charge is 0.480 e. The average Bonchev–Trinajstić information content (AvgIpc) is 2.39. The number of hydroxylamine groups is 1. The van der Waals surface area contributed by atoms with Crippen LogP contribution in [0.1, 0.15) is 18.4 Å². The van der Waals surface area contributed by atoms with Gasteiger partial charge in [0.2, 0.25) is 0 Å². The molecule has 1 aromatic rings. The van der Waals surface area contributed by atoms with E-state index in [1.54, 1.807) is 0 Å². The van der Waals surface area contributed by atoms with Gasteiger partial charge in [-0.2, -0.15) is 5.48 Å². The lowest BCUT2D eigenvalue weighted by atomic mass is 10.00. The van der Waals surface area contributed by atoms with E-state index in [0.717, 1.165) is 12.0 Å². The van der Waals surface area contributed by atoms with Crippen LogP contribution in [0.25, 0.3) is 0 Å². The van der Waals surface area contributed by atoms with E-state index in [-0.39, 0.29) is 12.1 Å². The third kappa shape index (κ3) is 4.02. The second-order valence-electron chi connectivity index (χ2n) is 4.96. The summed E-state index contributed by atoms with van der Waals surface area (Å²) < 4.78 is 0. The lowest BCUT2D eigenvalue weighted by molar-refractivity contribution is -0.144. The number of nitrogens with one attached hydrogen (secondary N) is 1. The number of piperidine rings is 1. The van der Waals surface area contributed by atoms with Crippen molar-refractivity contribution in [1.29, 1.82) is 0 Å². The molecule has 0 aromatic heterocycles. The van der Waals surface area contributed by atoms with E-state index in [1.165, 1.54) is 0 Å². The quantitative estimate of drug-likeness (QED) is 0.784. The first kappa shape index (κ1) is 14.0. The molecule has 1 aromatic carbocycles. The van der Waals surface area contributed by atoms with Crippen LogP contribution in [0.4, 0.5) is 0 Å². The Morgan fingerprint density at radius 3 is 2.79 bits per heavy atom. The first-order chi connectivity index (χ1) is 9.16. The van der Waals surface area contributed by atoms with Crippen molar-refractivity contribution in [3.05, 3.63) is 35.9 Å². The van der Waals surface area contributed by atoms with Gasteiger partial charge in [-0.1, -0.05) is 30.3 Å². The van der Waals surface area contributed by atoms with Crippen LogP contribution in [0.2, 0.25) is 0 Å². The van der Waals surface area contributed by atoms with Crippen molar-refractivity contribution in [1.82, 2.24) is 10.4 Å². The molecule has 104 valence electrons. The normalized spacial score (nSPS) is 24.3. The smallest absolute Gasteiger partial charge is 0.320 e. The van der Waals surface area contributed by atoms with E-state index in [2.05, 4.69) is 5.48 Å². The third-order valence-corrected chi connectivity index (χ3v) is 3.45. The first-order valence-electron chi connectivity index (χ1n) is 6.51. The van der Waals surface area contributed by atoms with E-state index in [9.17, 15) is 4.79 Å². The SMILES string of the molecule is CN1C[C@@H](NOCc2ccccc2)CC[C@@H]1C(=O)O. The summed E-state index contributed by atoms with van der Waals surface area (Å²) in [7, 11) is 1.84. The summed E-state index contributed by atoms with van der Waals surface area (Å²) in [4.78, 5) is 18.3. The van der Waals surface area contributed by atoms with Gasteiger partial charge in [-0.05, 0) is 25.5 Å². The Balaban J connectivity index is 1.72. The van der Waals surface area contributed by atoms with Crippen LogP contribution in [-0.4, -0.2) is 41.7 Å². The van der Waals surface area contributed by atoms with Crippen molar-refractivity contribution in [3.63, 3.8) is 0 Å². The average molecular weight is 264 g/mol. The molecule has 0 bridgehead atoms. The fourth-order valence-corrected chi connectivity index (χ4v) is 2.37. The van der Waals surface area contributed by atoms with E-state index in [1.807, 2.05) is 42.3 Å². The van der Waals surface area contributed by atoms with Gasteiger partial charge in [-0.3, -0.25) is 14.5 Å². The molecule has 1 saturated heterocycles. The van der Waals surface area contributed by atoms with Crippen molar-refractivity contribution in [3.8, 4) is 0 Å². The van der Waals surface area contributed by atoms with Crippen molar-refractivity contribution in [2.45, 2.75) is 31.5 Å². The molecule has 1 aliphatic rings. The lowest BCUT2D eigenvalue weighted by Crippen LogP contribution is -2.51. The fraction of sp³-hybridized carbons (Fsp3) is 0.500. The number of carboxylic acids is 1. The highest BCUT2D eigenvalue weighted by Gasteiger charge is 2.30. The van der Waals surface area contributed by atoms with Crippen molar-refractivity contribution >= 4 is 5.97 Å². The zero-order chi connectivity index (χ0) is 13.7. The molecule has 1 heterocycles. The number of hydrogen-bond acceptors (Lipinski definition) is 4. The van der Waals surface area contributed by atoms with Crippen LogP contribution in [0.15, 0.2) is 30.3 Å². The van der Waals surface area contributed by atoms with Crippen molar-refractivity contribution in [2.24, 2.45) is 0 Å². The van der Waals surface area contributed by atoms with Crippen molar-refractivity contribution < 1.29 is 14.7 Å². The molecule has 0 saturated carbocycles. The maximum atomic E-state index is 11.0. The predicted octanol–water partition coefficient (Wildman–Crippen LogP) is 1.26. The zero-order valence-corrected chi connectivity index (χ0v) is 11.1. The number of hydrogen-bond donors (Lipinski definition) is 2. The molecule has 0 spiro atoms. The lowest BCUT2D eigenvalue weighted by Gasteiger charge is -2.34. The molecule has 2 N–H and O–H groups in total. The number of likely N-dealkylation sites (N-methyl/N-ethyl adjacent to an activating group) is 1. The summed E-state index contributed by atoms with van der Waals surface area (Å²) in [6, 6.07) is 9.76. The van der Waals surface area contributed by atoms with Gasteiger partial charge in [0.1, 0.15) is 6.04 Å². The Morgan fingerprint density at radius 1 is 1.42 bits per heavy atom. The second-order valence-corrected chi connectivity index (χ2v) is 4.96. The maximum absolute atomic E-state index is 11.0. The minimum Gasteiger partial charge on any atom is -0.480 e. The van der Waals surface area contributed by atoms with Crippen LogP contribution in [-0.2, 0) is 16.2 Å². The van der Waals surface area contributed by atoms with Crippen LogP contribution in [0, 0.1) is 0 Å². The highest BCUT2D eigenvalue weighted by Crippen LogP contribution is 2.16. The Hall–Kier alpha value is -1.43. The van der Waals surface area contributed by atoms with Gasteiger partial charge in [0, 0.05) is 12.6 Å². The molecule has 0 aliphatic carbocycles. The third-order valence-electron chi connectivity index (χ3n) is 3.45. The molecule has 1 aliphatic heterocycles. The monoisotopic (exact) mass is 264 g/mol. The number of carbonyl (C=O) groups is 1. The van der Waals surface area contributed by atoms with Gasteiger partial charge >= 0.3 is 5.97 Å². The molecule has 0 unspecified atom stereocenters. The number of aliphatic carboxylic acids is 1. The summed E-state index contributed by atoms with van der Waals surface area (Å²) in [5.74, 6) is -0.744. The highest BCUT2D eigenvalue weighted by atomic mass is 16.6. The van der Waals surface area contributed by atoms with Crippen LogP contribution < -0.4 is 5.48 Å². The molecule has 0 amide bonds. The molecular formula is C14H20N2O3. The standard InChI is InChI=1S/C14H20N2O3/c1-16-9-12(7-8-13(16)14(17)18)15-19-10-11-5-3-2-4-6-11/h2-6,12-13,15H,7-10H2,1H3,(H,17,18)/t12-,13+/m0/s1. The molecule has 2 atom stereocenters. The van der Waals surface area contributed by atoms with Crippen LogP contribution >= 0.6 is 0 Å². The first-order valence-corrected chi connectivity index (χ1v) is 6.51. The van der Waals surface area contributed by atoms with Gasteiger partial charge in [-0.15, -0.1) is 0 Å². The van der Waals surface area contributed by atoms with Gasteiger partial charge in [0.15, 0.2) is 0 Å². The van der Waals surface area contributed by atoms with Gasteiger partial charge in [0.25, 0.3) is 0 Å². The maximum Gasteiger partial charge on any atom is 0.320 e. The summed E-state index contributed by atoms with van der Waals surface area (Å²) in [5.41, 5.74) is 4.14. The summed E-state index contributed by atoms with van der Waals surface area (Å²) >= 11 is 0. The highest BCUT2D eigenvalue weighted by molar-refractivity contribution is 5.73. The summed E-state index contributed by atoms with van der Waals surface area (Å²) in [6.45, 7) is 1.20. The topological polar surface area (TPSA) is 61.8 Å². The minimum atomic E-state index is -0.744. The number of rotatable bonds is 5. The van der Waals surface area contributed by atoms with Gasteiger partial charge in [-0.25, -0.2) is 0 Å². The molecule has 19 heavy (non-hydrogen) atoms. The number of benzene rings is 1. The Morgan fingerprint density at radius 2 is 2.16 bits per heavy atom. The Labute approximate surface area is 113 Å². The minimum absolute atomic E-state index is 0.185. The Kier molecular flexibility index (Phi) is 4.90. The molecule has 2 rings (SSSR count). The fourth-order valence-electron chi connectivity index (χ4n) is 2.37. The van der Waals surface area contributed by atoms with E-state index in [0.29, 0.717) is 19.6 Å². The van der Waals surface area contributed by atoms with E-state index < -0.39 is 5.97 Å². The molecule has 5 nitrogen and oxygen atoms in total. The Bertz CT molecular complexity index is 410. The molecule has 0 radical (unpaired) electrons. The van der Waals surface area contributed by atoms with E-state index >= 15 is 0 Å². The second kappa shape index (κ2) is 6.65. The number of likely N-dealkylation sites (tertiary alicyclic amines) is 1. The summed E-state index contributed by atoms with van der Waals surface area (Å²) in [5, 5.41) is 9.03. The van der Waals surface area contributed by atoms with Crippen LogP contribution in [0.3, 0.4) is 0 Å². The molecule has 1 fully saturated rings. The zero-order valence-electron chi connectivity index (χ0n) is 11.1.